The maximum atomic E-state index is 4.48. The van der Waals surface area contributed by atoms with Gasteiger partial charge in [0.15, 0.2) is 0 Å². The third-order valence-electron chi connectivity index (χ3n) is 3.32. The third-order valence-corrected chi connectivity index (χ3v) is 4.27. The maximum absolute atomic E-state index is 4.48. The predicted molar refractivity (Wildman–Crippen MR) is 86.4 cm³/mol. The molecule has 7 nitrogen and oxygen atoms in total. The van der Waals surface area contributed by atoms with Crippen LogP contribution in [0.5, 0.6) is 0 Å². The van der Waals surface area contributed by atoms with E-state index in [-0.39, 0.29) is 0 Å². The number of benzene rings is 1. The molecule has 0 amide bonds. The normalized spacial score (nSPS) is 11.2. The molecule has 3 aromatic heterocycles. The lowest BCUT2D eigenvalue weighted by atomic mass is 10.2. The molecule has 0 aliphatic heterocycles. The average molecular weight is 323 g/mol. The molecule has 0 atom stereocenters. The van der Waals surface area contributed by atoms with Crippen molar-refractivity contribution in [1.82, 2.24) is 34.6 Å². The summed E-state index contributed by atoms with van der Waals surface area (Å²) in [7, 11) is 0. The molecule has 0 N–H and O–H groups in total. The smallest absolute Gasteiger partial charge is 0.233 e. The number of aryl methyl sites for hydroxylation is 1. The summed E-state index contributed by atoms with van der Waals surface area (Å²) in [4.78, 5) is 8.70. The molecule has 0 saturated heterocycles. The molecule has 0 aliphatic carbocycles. The average Bonchev–Trinajstić information content (AvgIpc) is 3.19. The molecule has 3 heterocycles. The highest BCUT2D eigenvalue weighted by Gasteiger charge is 2.11. The molecular formula is C15H13N7S. The zero-order valence-corrected chi connectivity index (χ0v) is 13.2. The summed E-state index contributed by atoms with van der Waals surface area (Å²) in [6.07, 6.45) is 5.63. The highest BCUT2D eigenvalue weighted by atomic mass is 32.2. The Morgan fingerprint density at radius 1 is 1.22 bits per heavy atom. The van der Waals surface area contributed by atoms with Gasteiger partial charge in [-0.1, -0.05) is 23.9 Å². The van der Waals surface area contributed by atoms with Crippen LogP contribution in [0.1, 0.15) is 11.3 Å². The van der Waals surface area contributed by atoms with Crippen molar-refractivity contribution in [2.75, 3.05) is 0 Å². The van der Waals surface area contributed by atoms with Crippen LogP contribution in [0.2, 0.25) is 0 Å². The third kappa shape index (κ3) is 2.80. The van der Waals surface area contributed by atoms with E-state index in [0.717, 1.165) is 16.5 Å². The molecule has 0 fully saturated rings. The lowest BCUT2D eigenvalue weighted by Crippen LogP contribution is -1.99. The van der Waals surface area contributed by atoms with Crippen LogP contribution in [0.4, 0.5) is 0 Å². The van der Waals surface area contributed by atoms with Crippen LogP contribution in [0, 0.1) is 6.92 Å². The van der Waals surface area contributed by atoms with Crippen LogP contribution in [0.15, 0.2) is 54.1 Å². The predicted octanol–water partition coefficient (Wildman–Crippen LogP) is 2.31. The minimum absolute atomic E-state index is 0.676. The summed E-state index contributed by atoms with van der Waals surface area (Å²) in [5.74, 6) is 1.37. The fourth-order valence-electron chi connectivity index (χ4n) is 2.28. The van der Waals surface area contributed by atoms with E-state index in [4.69, 9.17) is 0 Å². The molecule has 0 saturated carbocycles. The Kier molecular flexibility index (Phi) is 3.51. The van der Waals surface area contributed by atoms with E-state index < -0.39 is 0 Å². The Morgan fingerprint density at radius 2 is 2.17 bits per heavy atom. The fraction of sp³-hybridized carbons (Fsp3) is 0.133. The van der Waals surface area contributed by atoms with Crippen molar-refractivity contribution in [3.63, 3.8) is 0 Å². The van der Waals surface area contributed by atoms with E-state index in [1.54, 1.807) is 22.6 Å². The van der Waals surface area contributed by atoms with Gasteiger partial charge in [0, 0.05) is 24.3 Å². The number of nitrogens with zero attached hydrogens (tertiary/aromatic N) is 7. The lowest BCUT2D eigenvalue weighted by molar-refractivity contribution is 0.755. The molecule has 8 heteroatoms. The van der Waals surface area contributed by atoms with Gasteiger partial charge in [0.2, 0.25) is 10.9 Å². The molecule has 4 aromatic rings. The van der Waals surface area contributed by atoms with Crippen LogP contribution in [-0.4, -0.2) is 34.6 Å². The standard InChI is InChI=1S/C15H13N7S/c1-11-4-2-5-13(8-11)22-15(18-19-20-22)23-10-12-9-21-7-3-6-16-14(21)17-12/h2-9H,10H2,1H3. The number of hydrogen-bond acceptors (Lipinski definition) is 6. The van der Waals surface area contributed by atoms with E-state index in [2.05, 4.69) is 31.6 Å². The van der Waals surface area contributed by atoms with Gasteiger partial charge < -0.3 is 0 Å². The van der Waals surface area contributed by atoms with Gasteiger partial charge in [-0.05, 0) is 41.1 Å². The first-order valence-corrected chi connectivity index (χ1v) is 8.05. The first kappa shape index (κ1) is 13.9. The monoisotopic (exact) mass is 323 g/mol. The number of rotatable bonds is 4. The van der Waals surface area contributed by atoms with Gasteiger partial charge in [-0.2, -0.15) is 4.68 Å². The van der Waals surface area contributed by atoms with Crippen LogP contribution in [0.3, 0.4) is 0 Å². The summed E-state index contributed by atoms with van der Waals surface area (Å²) in [6.45, 7) is 2.05. The summed E-state index contributed by atoms with van der Waals surface area (Å²) in [5, 5.41) is 12.7. The van der Waals surface area contributed by atoms with Crippen LogP contribution >= 0.6 is 11.8 Å². The van der Waals surface area contributed by atoms with E-state index in [1.807, 2.05) is 48.0 Å². The van der Waals surface area contributed by atoms with Crippen molar-refractivity contribution < 1.29 is 0 Å². The van der Waals surface area contributed by atoms with E-state index >= 15 is 0 Å². The second-order valence-electron chi connectivity index (χ2n) is 5.06. The first-order chi connectivity index (χ1) is 11.3. The van der Waals surface area contributed by atoms with Gasteiger partial charge in [-0.25, -0.2) is 9.97 Å². The lowest BCUT2D eigenvalue weighted by Gasteiger charge is -2.04. The van der Waals surface area contributed by atoms with Gasteiger partial charge in [0.25, 0.3) is 0 Å². The second-order valence-corrected chi connectivity index (χ2v) is 6.00. The van der Waals surface area contributed by atoms with E-state index in [1.165, 1.54) is 5.56 Å². The Morgan fingerprint density at radius 3 is 3.04 bits per heavy atom. The Balaban J connectivity index is 1.57. The van der Waals surface area contributed by atoms with Crippen molar-refractivity contribution in [1.29, 1.82) is 0 Å². The molecular weight excluding hydrogens is 310 g/mol. The molecule has 0 unspecified atom stereocenters. The van der Waals surface area contributed by atoms with Crippen molar-refractivity contribution in [3.05, 3.63) is 60.2 Å². The van der Waals surface area contributed by atoms with Crippen LogP contribution in [0.25, 0.3) is 11.5 Å². The van der Waals surface area contributed by atoms with Crippen molar-refractivity contribution in [3.8, 4) is 5.69 Å². The van der Waals surface area contributed by atoms with Gasteiger partial charge >= 0.3 is 0 Å². The minimum Gasteiger partial charge on any atom is -0.291 e. The summed E-state index contributed by atoms with van der Waals surface area (Å²) < 4.78 is 3.64. The maximum Gasteiger partial charge on any atom is 0.233 e. The topological polar surface area (TPSA) is 73.8 Å². The molecule has 0 aliphatic rings. The van der Waals surface area contributed by atoms with E-state index in [9.17, 15) is 0 Å². The zero-order chi connectivity index (χ0) is 15.6. The molecule has 0 bridgehead atoms. The summed E-state index contributed by atoms with van der Waals surface area (Å²) >= 11 is 1.55. The molecule has 23 heavy (non-hydrogen) atoms. The molecule has 114 valence electrons. The summed E-state index contributed by atoms with van der Waals surface area (Å²) in [5.41, 5.74) is 3.06. The van der Waals surface area contributed by atoms with Crippen LogP contribution in [-0.2, 0) is 5.75 Å². The van der Waals surface area contributed by atoms with Gasteiger partial charge in [-0.3, -0.25) is 4.40 Å². The second kappa shape index (κ2) is 5.81. The quantitative estimate of drug-likeness (QED) is 0.537. The van der Waals surface area contributed by atoms with Crippen molar-refractivity contribution in [2.24, 2.45) is 0 Å². The molecule has 1 aromatic carbocycles. The highest BCUT2D eigenvalue weighted by molar-refractivity contribution is 7.98. The van der Waals surface area contributed by atoms with Gasteiger partial charge in [-0.15, -0.1) is 5.10 Å². The number of tetrazole rings is 1. The Bertz CT molecular complexity index is 926. The molecule has 0 spiro atoms. The number of aromatic nitrogens is 7. The minimum atomic E-state index is 0.676. The Labute approximate surface area is 136 Å². The molecule has 0 radical (unpaired) electrons. The number of fused-ring (bicyclic) bond motifs is 1. The van der Waals surface area contributed by atoms with Crippen molar-refractivity contribution in [2.45, 2.75) is 17.8 Å². The van der Waals surface area contributed by atoms with E-state index in [0.29, 0.717) is 11.5 Å². The highest BCUT2D eigenvalue weighted by Crippen LogP contribution is 2.22. The largest absolute Gasteiger partial charge is 0.291 e. The van der Waals surface area contributed by atoms with Gasteiger partial charge in [0.1, 0.15) is 0 Å². The SMILES string of the molecule is Cc1cccc(-n2nnnc2SCc2cn3cccnc3n2)c1. The first-order valence-electron chi connectivity index (χ1n) is 7.06. The number of hydrogen-bond donors (Lipinski definition) is 0. The van der Waals surface area contributed by atoms with Crippen molar-refractivity contribution >= 4 is 17.5 Å². The number of thioether (sulfide) groups is 1. The van der Waals surface area contributed by atoms with Crippen LogP contribution < -0.4 is 0 Å². The number of imidazole rings is 1. The zero-order valence-electron chi connectivity index (χ0n) is 12.4. The Hall–Kier alpha value is -2.74. The van der Waals surface area contributed by atoms with Gasteiger partial charge in [0.05, 0.1) is 11.4 Å². The summed E-state index contributed by atoms with van der Waals surface area (Å²) in [6, 6.07) is 9.96. The molecule has 4 rings (SSSR count). The fourth-order valence-corrected chi connectivity index (χ4v) is 3.05.